The molecule has 9 rings (SSSR count). The van der Waals surface area contributed by atoms with Gasteiger partial charge in [0, 0.05) is 23.6 Å². The minimum Gasteiger partial charge on any atom is -0.470 e. The van der Waals surface area contributed by atoms with Gasteiger partial charge in [0.2, 0.25) is 27.4 Å². The number of furan rings is 1. The first-order valence-electron chi connectivity index (χ1n) is 20.7. The number of carbonyl (C=O) groups is 4. The smallest absolute Gasteiger partial charge is 0.408 e. The van der Waals surface area contributed by atoms with Gasteiger partial charge in [-0.15, -0.1) is 0 Å². The molecule has 3 N–H and O–H groups in total. The molecule has 5 fully saturated rings. The Labute approximate surface area is 331 Å². The first kappa shape index (κ1) is 37.8. The Hall–Kier alpha value is -4.73. The number of alkyl carbamates (subject to hydrolysis) is 1. The summed E-state index contributed by atoms with van der Waals surface area (Å²) in [6.45, 7) is 1.98. The number of hydrogen-bond acceptors (Lipinski definition) is 11. The van der Waals surface area contributed by atoms with E-state index in [1.165, 1.54) is 4.90 Å². The fourth-order valence-corrected chi connectivity index (χ4v) is 10.1. The van der Waals surface area contributed by atoms with Crippen molar-refractivity contribution in [2.24, 2.45) is 5.92 Å². The van der Waals surface area contributed by atoms with Crippen molar-refractivity contribution in [3.63, 3.8) is 0 Å². The standard InChI is InChI=1S/C41H50N6O9S/c1-23-13-18-32-29(19-23)33-34(56-32)37(44-35(43-33)24-14-15-24)54-27-20-31-36(48)45-41(39(50)46-57(52,53)28-16-17-28)21-25(41)9-5-3-2-4-6-12-30(38(49)47(31)22-27)42-40(51)55-26-10-7-8-11-26/h5,9,13,18-19,24-28,30-31H,2-4,6-8,10-12,14-17,20-22H2,1H3,(H,42,51)(H,45,48)(H,46,50)/b9-5-. The highest BCUT2D eigenvalue weighted by molar-refractivity contribution is 7.91. The molecular formula is C41H50N6O9S. The molecule has 5 atom stereocenters. The normalized spacial score (nSPS) is 29.2. The number of rotatable bonds is 8. The number of aryl methyl sites for hydroxylation is 1. The number of ether oxygens (including phenoxy) is 2. The molecule has 0 bridgehead atoms. The maximum atomic E-state index is 14.7. The average Bonchev–Trinajstić information content (AvgIpc) is 4.14. The number of benzene rings is 1. The number of allylic oxidation sites excluding steroid dienone is 1. The van der Waals surface area contributed by atoms with Crippen LogP contribution < -0.4 is 20.1 Å². The molecule has 4 aliphatic carbocycles. The van der Waals surface area contributed by atoms with E-state index in [1.807, 2.05) is 37.3 Å². The summed E-state index contributed by atoms with van der Waals surface area (Å²) >= 11 is 0. The summed E-state index contributed by atoms with van der Waals surface area (Å²) in [6.07, 6.45) is 12.1. The van der Waals surface area contributed by atoms with Crippen molar-refractivity contribution in [2.45, 2.75) is 144 Å². The van der Waals surface area contributed by atoms with Crippen LogP contribution in [0.2, 0.25) is 0 Å². The second-order valence-corrected chi connectivity index (χ2v) is 18.9. The highest BCUT2D eigenvalue weighted by atomic mass is 32.2. The van der Waals surface area contributed by atoms with Gasteiger partial charge in [-0.05, 0) is 96.1 Å². The van der Waals surface area contributed by atoms with Crippen LogP contribution in [0.25, 0.3) is 22.1 Å². The molecule has 2 aromatic heterocycles. The molecule has 4 saturated carbocycles. The van der Waals surface area contributed by atoms with Gasteiger partial charge in [-0.1, -0.05) is 36.6 Å². The van der Waals surface area contributed by atoms with E-state index in [1.54, 1.807) is 0 Å². The molecule has 0 radical (unpaired) electrons. The van der Waals surface area contributed by atoms with Gasteiger partial charge >= 0.3 is 6.09 Å². The Morgan fingerprint density at radius 1 is 0.982 bits per heavy atom. The third kappa shape index (κ3) is 7.81. The van der Waals surface area contributed by atoms with Crippen molar-refractivity contribution in [1.82, 2.24) is 30.2 Å². The number of amides is 4. The SMILES string of the molecule is Cc1ccc2oc3c(OC4CC5C(=O)NC6(C(=O)NS(=O)(=O)C7CC7)CC6/C=C\CCCCCC(NC(=O)OC6CCCC6)C(=O)N5C4)nc(C4CC4)nc3c2c1. The number of carbonyl (C=O) groups excluding carboxylic acids is 4. The summed E-state index contributed by atoms with van der Waals surface area (Å²) in [7, 11) is -3.90. The van der Waals surface area contributed by atoms with Crippen LogP contribution in [0, 0.1) is 12.8 Å². The van der Waals surface area contributed by atoms with Gasteiger partial charge in [0.05, 0.1) is 11.8 Å². The van der Waals surface area contributed by atoms with Crippen molar-refractivity contribution in [3.05, 3.63) is 41.7 Å². The number of nitrogens with zero attached hydrogens (tertiary/aromatic N) is 3. The summed E-state index contributed by atoms with van der Waals surface area (Å²) < 4.78 is 46.6. The summed E-state index contributed by atoms with van der Waals surface area (Å²) in [6, 6.07) is 3.76. The van der Waals surface area contributed by atoms with Crippen LogP contribution in [-0.4, -0.2) is 88.7 Å². The number of aromatic nitrogens is 2. The predicted octanol–water partition coefficient (Wildman–Crippen LogP) is 4.95. The highest BCUT2D eigenvalue weighted by Crippen LogP contribution is 2.46. The van der Waals surface area contributed by atoms with E-state index in [2.05, 4.69) is 15.4 Å². The van der Waals surface area contributed by atoms with Crippen LogP contribution in [0.3, 0.4) is 0 Å². The monoisotopic (exact) mass is 802 g/mol. The fourth-order valence-electron chi connectivity index (χ4n) is 8.69. The molecule has 5 unspecified atom stereocenters. The third-order valence-corrected chi connectivity index (χ3v) is 14.2. The van der Waals surface area contributed by atoms with E-state index in [9.17, 15) is 27.6 Å². The minimum atomic E-state index is -3.90. The topological polar surface area (TPSA) is 199 Å². The largest absolute Gasteiger partial charge is 0.470 e. The number of hydrogen-bond donors (Lipinski definition) is 3. The van der Waals surface area contributed by atoms with Crippen LogP contribution in [0.1, 0.15) is 114 Å². The molecule has 3 aromatic rings. The van der Waals surface area contributed by atoms with Crippen LogP contribution in [0.4, 0.5) is 4.79 Å². The molecule has 16 heteroatoms. The van der Waals surface area contributed by atoms with Gasteiger partial charge in [0.15, 0.2) is 0 Å². The van der Waals surface area contributed by atoms with Gasteiger partial charge < -0.3 is 29.4 Å². The number of nitrogens with one attached hydrogen (secondary N) is 3. The Morgan fingerprint density at radius 2 is 1.77 bits per heavy atom. The highest BCUT2D eigenvalue weighted by Gasteiger charge is 2.62. The zero-order valence-corrected chi connectivity index (χ0v) is 33.0. The Bertz CT molecular complexity index is 2240. The molecule has 1 aromatic carbocycles. The third-order valence-electron chi connectivity index (χ3n) is 12.4. The zero-order valence-electron chi connectivity index (χ0n) is 32.2. The second-order valence-electron chi connectivity index (χ2n) is 16.9. The fraction of sp³-hybridized carbons (Fsp3) is 0.610. The first-order valence-corrected chi connectivity index (χ1v) is 22.2. The lowest BCUT2D eigenvalue weighted by molar-refractivity contribution is -0.141. The van der Waals surface area contributed by atoms with E-state index in [-0.39, 0.29) is 37.3 Å². The lowest BCUT2D eigenvalue weighted by Crippen LogP contribution is -2.58. The quantitative estimate of drug-likeness (QED) is 0.261. The van der Waals surface area contributed by atoms with E-state index in [4.69, 9.17) is 23.9 Å². The summed E-state index contributed by atoms with van der Waals surface area (Å²) in [5.41, 5.74) is 1.18. The van der Waals surface area contributed by atoms with Crippen molar-refractivity contribution >= 4 is 55.9 Å². The van der Waals surface area contributed by atoms with Crippen LogP contribution >= 0.6 is 0 Å². The first-order chi connectivity index (χ1) is 27.5. The molecule has 6 aliphatic rings. The molecule has 1 saturated heterocycles. The van der Waals surface area contributed by atoms with Gasteiger partial charge in [-0.3, -0.25) is 19.1 Å². The summed E-state index contributed by atoms with van der Waals surface area (Å²) in [5.74, 6) is -1.22. The molecule has 304 valence electrons. The number of sulfonamides is 1. The Morgan fingerprint density at radius 3 is 2.54 bits per heavy atom. The molecule has 4 heterocycles. The van der Waals surface area contributed by atoms with Crippen LogP contribution in [0.15, 0.2) is 34.8 Å². The zero-order chi connectivity index (χ0) is 39.5. The predicted molar refractivity (Wildman–Crippen MR) is 208 cm³/mol. The van der Waals surface area contributed by atoms with E-state index in [0.29, 0.717) is 54.6 Å². The summed E-state index contributed by atoms with van der Waals surface area (Å²) in [4.78, 5) is 67.3. The summed E-state index contributed by atoms with van der Waals surface area (Å²) in [5, 5.41) is 5.95. The van der Waals surface area contributed by atoms with Gasteiger partial charge in [0.25, 0.3) is 11.8 Å². The van der Waals surface area contributed by atoms with Crippen molar-refractivity contribution in [3.8, 4) is 5.88 Å². The second kappa shape index (κ2) is 14.9. The van der Waals surface area contributed by atoms with E-state index >= 15 is 0 Å². The average molecular weight is 803 g/mol. The Kier molecular flexibility index (Phi) is 9.88. The van der Waals surface area contributed by atoms with E-state index < -0.39 is 68.7 Å². The van der Waals surface area contributed by atoms with Crippen LogP contribution in [0.5, 0.6) is 5.88 Å². The maximum absolute atomic E-state index is 14.7. The van der Waals surface area contributed by atoms with Crippen molar-refractivity contribution in [2.75, 3.05) is 6.54 Å². The molecule has 15 nitrogen and oxygen atoms in total. The van der Waals surface area contributed by atoms with E-state index in [0.717, 1.165) is 62.3 Å². The maximum Gasteiger partial charge on any atom is 0.408 e. The molecule has 57 heavy (non-hydrogen) atoms. The van der Waals surface area contributed by atoms with Gasteiger partial charge in [-0.2, -0.15) is 4.98 Å². The minimum absolute atomic E-state index is 0.0189. The van der Waals surface area contributed by atoms with Gasteiger partial charge in [0.1, 0.15) is 46.8 Å². The lowest BCUT2D eigenvalue weighted by atomic mass is 10.0. The van der Waals surface area contributed by atoms with Crippen molar-refractivity contribution in [1.29, 1.82) is 0 Å². The van der Waals surface area contributed by atoms with Crippen LogP contribution in [-0.2, 0) is 29.1 Å². The molecule has 4 amide bonds. The molecular weight excluding hydrogens is 753 g/mol. The Balaban J connectivity index is 1.03. The number of fused-ring (bicyclic) bond motifs is 5. The van der Waals surface area contributed by atoms with Crippen molar-refractivity contribution < 1.29 is 41.5 Å². The lowest BCUT2D eigenvalue weighted by Gasteiger charge is -2.30. The van der Waals surface area contributed by atoms with Gasteiger partial charge in [-0.25, -0.2) is 18.2 Å². The molecule has 2 aliphatic heterocycles. The molecule has 0 spiro atoms.